The number of halogens is 1. The molecule has 0 spiro atoms. The smallest absolute Gasteiger partial charge is 0.414 e. The first-order chi connectivity index (χ1) is 17.2. The summed E-state index contributed by atoms with van der Waals surface area (Å²) in [7, 11) is 4.17. The summed E-state index contributed by atoms with van der Waals surface area (Å²) in [5.41, 5.74) is 5.25. The van der Waals surface area contributed by atoms with Crippen molar-refractivity contribution in [1.82, 2.24) is 4.90 Å². The van der Waals surface area contributed by atoms with Crippen LogP contribution >= 0.6 is 0 Å². The van der Waals surface area contributed by atoms with Crippen LogP contribution in [-0.4, -0.2) is 47.7 Å². The topological polar surface area (TPSA) is 87.1 Å². The summed E-state index contributed by atoms with van der Waals surface area (Å²) < 4.78 is 20.2. The van der Waals surface area contributed by atoms with E-state index < -0.39 is 17.5 Å². The molecule has 1 atom stereocenters. The van der Waals surface area contributed by atoms with Crippen LogP contribution in [0, 0.1) is 5.82 Å². The van der Waals surface area contributed by atoms with Crippen molar-refractivity contribution in [3.8, 4) is 0 Å². The van der Waals surface area contributed by atoms with Crippen LogP contribution in [0.3, 0.4) is 0 Å². The zero-order chi connectivity index (χ0) is 26.1. The molecule has 7 heteroatoms. The lowest BCUT2D eigenvalue weighted by molar-refractivity contribution is -0.159. The van der Waals surface area contributed by atoms with Gasteiger partial charge in [0, 0.05) is 0 Å². The van der Waals surface area contributed by atoms with E-state index in [9.17, 15) is 4.39 Å². The average Bonchev–Trinajstić information content (AvgIpc) is 3.24. The number of aliphatic carboxylic acids is 2. The predicted molar refractivity (Wildman–Crippen MR) is 137 cm³/mol. The Morgan fingerprint density at radius 3 is 2.22 bits per heavy atom. The van der Waals surface area contributed by atoms with Crippen LogP contribution in [0.25, 0.3) is 12.2 Å². The maximum absolute atomic E-state index is 13.6. The molecule has 0 aromatic heterocycles. The molecule has 1 aliphatic heterocycles. The molecule has 3 aromatic rings. The largest absolute Gasteiger partial charge is 0.473 e. The van der Waals surface area contributed by atoms with Gasteiger partial charge in [0.05, 0.1) is 6.61 Å². The quantitative estimate of drug-likeness (QED) is 0.346. The Balaban J connectivity index is 0.000000538. The summed E-state index contributed by atoms with van der Waals surface area (Å²) in [6.45, 7) is 1.54. The number of carboxylic acid groups (broad SMARTS) is 2. The van der Waals surface area contributed by atoms with Crippen LogP contribution in [0.2, 0.25) is 0 Å². The molecular weight excluding hydrogens is 461 g/mol. The fourth-order valence-corrected chi connectivity index (χ4v) is 4.28. The fraction of sp³-hybridized carbons (Fsp3) is 0.241. The van der Waals surface area contributed by atoms with E-state index >= 15 is 0 Å². The third kappa shape index (κ3) is 6.65. The molecule has 1 aliphatic rings. The molecule has 0 radical (unpaired) electrons. The number of fused-ring (bicyclic) bond motifs is 1. The summed E-state index contributed by atoms with van der Waals surface area (Å²) >= 11 is 0. The number of hydrogen-bond donors (Lipinski definition) is 2. The summed E-state index contributed by atoms with van der Waals surface area (Å²) in [6, 6.07) is 23.5. The lowest BCUT2D eigenvalue weighted by Gasteiger charge is -2.31. The molecule has 1 heterocycles. The normalized spacial score (nSPS) is 16.4. The van der Waals surface area contributed by atoms with Crippen molar-refractivity contribution in [2.75, 3.05) is 20.6 Å². The molecule has 0 saturated carbocycles. The Labute approximate surface area is 210 Å². The van der Waals surface area contributed by atoms with Crippen molar-refractivity contribution in [2.24, 2.45) is 0 Å². The molecule has 0 fully saturated rings. The molecule has 0 aliphatic carbocycles. The van der Waals surface area contributed by atoms with Crippen LogP contribution in [0.15, 0.2) is 72.8 Å². The average molecular weight is 492 g/mol. The number of carboxylic acids is 2. The number of nitrogens with zero attached hydrogens (tertiary/aromatic N) is 1. The van der Waals surface area contributed by atoms with E-state index in [4.69, 9.17) is 24.5 Å². The van der Waals surface area contributed by atoms with E-state index in [0.717, 1.165) is 24.9 Å². The predicted octanol–water partition coefficient (Wildman–Crippen LogP) is 5.27. The molecule has 0 bridgehead atoms. The van der Waals surface area contributed by atoms with Crippen LogP contribution in [0.1, 0.15) is 40.7 Å². The minimum atomic E-state index is -1.82. The van der Waals surface area contributed by atoms with E-state index in [2.05, 4.69) is 61.5 Å². The van der Waals surface area contributed by atoms with Crippen molar-refractivity contribution in [3.05, 3.63) is 106 Å². The van der Waals surface area contributed by atoms with Crippen LogP contribution < -0.4 is 0 Å². The molecular formula is C29H30FNO5. The Bertz CT molecular complexity index is 1200. The molecule has 4 rings (SSSR count). The van der Waals surface area contributed by atoms with E-state index in [1.165, 1.54) is 34.4 Å². The molecule has 6 nitrogen and oxygen atoms in total. The summed E-state index contributed by atoms with van der Waals surface area (Å²) in [4.78, 5) is 20.4. The number of hydrogen-bond acceptors (Lipinski definition) is 4. The van der Waals surface area contributed by atoms with Gasteiger partial charge >= 0.3 is 11.9 Å². The van der Waals surface area contributed by atoms with Gasteiger partial charge in [-0.2, -0.15) is 0 Å². The second-order valence-electron chi connectivity index (χ2n) is 8.76. The Morgan fingerprint density at radius 1 is 0.944 bits per heavy atom. The zero-order valence-corrected chi connectivity index (χ0v) is 20.4. The van der Waals surface area contributed by atoms with Gasteiger partial charge in [-0.25, -0.2) is 14.0 Å². The number of ether oxygens (including phenoxy) is 1. The van der Waals surface area contributed by atoms with E-state index in [1.54, 1.807) is 0 Å². The summed E-state index contributed by atoms with van der Waals surface area (Å²) in [5.74, 6) is -3.87. The van der Waals surface area contributed by atoms with E-state index in [1.807, 2.05) is 30.3 Å². The molecule has 2 N–H and O–H groups in total. The monoisotopic (exact) mass is 491 g/mol. The molecule has 36 heavy (non-hydrogen) atoms. The number of rotatable bonds is 7. The van der Waals surface area contributed by atoms with Crippen molar-refractivity contribution in [2.45, 2.75) is 25.0 Å². The highest BCUT2D eigenvalue weighted by molar-refractivity contribution is 6.27. The number of carbonyl (C=O) groups is 2. The zero-order valence-electron chi connectivity index (χ0n) is 20.4. The highest BCUT2D eigenvalue weighted by atomic mass is 19.1. The van der Waals surface area contributed by atoms with Gasteiger partial charge in [0.2, 0.25) is 0 Å². The van der Waals surface area contributed by atoms with Gasteiger partial charge in [0.1, 0.15) is 11.4 Å². The SMILES string of the molecule is CN(C)CCCC1(c2ccc(F)cc2)OCc2c(/C=C/c3ccccc3)cccc21.O=C(O)C(=O)O. The molecule has 0 amide bonds. The molecule has 1 unspecified atom stereocenters. The summed E-state index contributed by atoms with van der Waals surface area (Å²) in [5, 5.41) is 14.8. The fourth-order valence-electron chi connectivity index (χ4n) is 4.28. The lowest BCUT2D eigenvalue weighted by atomic mass is 9.81. The second-order valence-corrected chi connectivity index (χ2v) is 8.76. The van der Waals surface area contributed by atoms with Crippen LogP contribution in [-0.2, 0) is 26.5 Å². The Kier molecular flexibility index (Phi) is 9.11. The first kappa shape index (κ1) is 26.8. The van der Waals surface area contributed by atoms with Gasteiger partial charge in [-0.1, -0.05) is 72.8 Å². The van der Waals surface area contributed by atoms with E-state index in [-0.39, 0.29) is 5.82 Å². The van der Waals surface area contributed by atoms with Crippen molar-refractivity contribution in [1.29, 1.82) is 0 Å². The first-order valence-corrected chi connectivity index (χ1v) is 11.6. The van der Waals surface area contributed by atoms with Gasteiger partial charge in [-0.15, -0.1) is 0 Å². The van der Waals surface area contributed by atoms with Crippen molar-refractivity contribution in [3.63, 3.8) is 0 Å². The van der Waals surface area contributed by atoms with Crippen molar-refractivity contribution >= 4 is 24.1 Å². The third-order valence-electron chi connectivity index (χ3n) is 5.99. The maximum Gasteiger partial charge on any atom is 0.414 e. The molecule has 0 saturated heterocycles. The highest BCUT2D eigenvalue weighted by Gasteiger charge is 2.41. The van der Waals surface area contributed by atoms with Crippen LogP contribution in [0.4, 0.5) is 4.39 Å². The van der Waals surface area contributed by atoms with Gasteiger partial charge in [0.15, 0.2) is 0 Å². The molecule has 3 aromatic carbocycles. The number of benzene rings is 3. The van der Waals surface area contributed by atoms with Gasteiger partial charge in [0.25, 0.3) is 0 Å². The van der Waals surface area contributed by atoms with Gasteiger partial charge in [-0.05, 0) is 73.4 Å². The first-order valence-electron chi connectivity index (χ1n) is 11.6. The van der Waals surface area contributed by atoms with Gasteiger partial charge in [-0.3, -0.25) is 0 Å². The second kappa shape index (κ2) is 12.2. The van der Waals surface area contributed by atoms with Crippen LogP contribution in [0.5, 0.6) is 0 Å². The minimum absolute atomic E-state index is 0.222. The lowest BCUT2D eigenvalue weighted by Crippen LogP contribution is -2.28. The molecule has 188 valence electrons. The van der Waals surface area contributed by atoms with E-state index in [0.29, 0.717) is 6.61 Å². The standard InChI is InChI=1S/C27H28FNO.C2H2O4/c1-29(2)19-7-18-27(23-14-16-24(28)17-15-23)26-11-6-10-22(25(26)20-30-27)13-12-21-8-4-3-5-9-21;3-1(4)2(5)6/h3-6,8-17H,7,18-20H2,1-2H3;(H,3,4)(H,5,6)/b13-12+;. The van der Waals surface area contributed by atoms with Gasteiger partial charge < -0.3 is 19.8 Å². The summed E-state index contributed by atoms with van der Waals surface area (Å²) in [6.07, 6.45) is 6.15. The minimum Gasteiger partial charge on any atom is -0.473 e. The van der Waals surface area contributed by atoms with Crippen molar-refractivity contribution < 1.29 is 28.9 Å². The third-order valence-corrected chi connectivity index (χ3v) is 5.99. The maximum atomic E-state index is 13.6. The highest BCUT2D eigenvalue weighted by Crippen LogP contribution is 2.46. The Morgan fingerprint density at radius 2 is 1.61 bits per heavy atom. The Hall–Kier alpha value is -3.81.